The van der Waals surface area contributed by atoms with E-state index in [0.717, 1.165) is 31.2 Å². The van der Waals surface area contributed by atoms with Crippen molar-refractivity contribution in [1.29, 1.82) is 0 Å². The molecule has 0 aliphatic heterocycles. The van der Waals surface area contributed by atoms with E-state index in [1.165, 1.54) is 0 Å². The van der Waals surface area contributed by atoms with Gasteiger partial charge in [-0.2, -0.15) is 8.42 Å². The third-order valence-electron chi connectivity index (χ3n) is 3.66. The Labute approximate surface area is 115 Å². The van der Waals surface area contributed by atoms with Gasteiger partial charge in [-0.3, -0.25) is 4.18 Å². The second kappa shape index (κ2) is 6.03. The van der Waals surface area contributed by atoms with Gasteiger partial charge in [0.1, 0.15) is 0 Å². The molecule has 0 spiro atoms. The second-order valence-electron chi connectivity index (χ2n) is 5.33. The number of hydrogen-bond donors (Lipinski definition) is 1. The van der Waals surface area contributed by atoms with Crippen LogP contribution in [0.3, 0.4) is 0 Å². The molecule has 1 aromatic carbocycles. The molecule has 0 bridgehead atoms. The van der Waals surface area contributed by atoms with E-state index in [1.54, 1.807) is 24.3 Å². The van der Waals surface area contributed by atoms with Gasteiger partial charge in [-0.1, -0.05) is 17.7 Å². The zero-order valence-electron chi connectivity index (χ0n) is 11.2. The lowest BCUT2D eigenvalue weighted by Crippen LogP contribution is -2.28. The third kappa shape index (κ3) is 4.03. The van der Waals surface area contributed by atoms with Gasteiger partial charge < -0.3 is 5.73 Å². The van der Waals surface area contributed by atoms with Gasteiger partial charge >= 0.3 is 0 Å². The van der Waals surface area contributed by atoms with E-state index in [0.29, 0.717) is 5.92 Å². The summed E-state index contributed by atoms with van der Waals surface area (Å²) in [5, 5.41) is 0. The minimum atomic E-state index is -3.62. The lowest BCUT2D eigenvalue weighted by atomic mass is 9.87. The van der Waals surface area contributed by atoms with E-state index in [1.807, 2.05) is 6.92 Å². The summed E-state index contributed by atoms with van der Waals surface area (Å²) >= 11 is 0. The zero-order chi connectivity index (χ0) is 13.9. The van der Waals surface area contributed by atoms with Gasteiger partial charge in [-0.05, 0) is 50.7 Å². The molecule has 0 radical (unpaired) electrons. The van der Waals surface area contributed by atoms with Gasteiger partial charge in [-0.15, -0.1) is 0 Å². The smallest absolute Gasteiger partial charge is 0.296 e. The summed E-state index contributed by atoms with van der Waals surface area (Å²) < 4.78 is 29.2. The van der Waals surface area contributed by atoms with Crippen molar-refractivity contribution in [2.24, 2.45) is 11.7 Å². The predicted octanol–water partition coefficient (Wildman–Crippen LogP) is 2.22. The molecule has 1 aliphatic rings. The second-order valence-corrected chi connectivity index (χ2v) is 6.95. The van der Waals surface area contributed by atoms with Crippen molar-refractivity contribution in [1.82, 2.24) is 0 Å². The van der Waals surface area contributed by atoms with E-state index in [4.69, 9.17) is 9.92 Å². The molecule has 0 aromatic heterocycles. The van der Waals surface area contributed by atoms with Crippen LogP contribution in [-0.4, -0.2) is 21.1 Å². The Morgan fingerprint density at radius 2 is 1.74 bits per heavy atom. The monoisotopic (exact) mass is 283 g/mol. The van der Waals surface area contributed by atoms with Crippen LogP contribution in [0.4, 0.5) is 0 Å². The minimum Gasteiger partial charge on any atom is -0.328 e. The summed E-state index contributed by atoms with van der Waals surface area (Å²) in [5.74, 6) is 0.306. The molecule has 0 atom stereocenters. The Balaban J connectivity index is 1.92. The van der Waals surface area contributed by atoms with Gasteiger partial charge in [0.2, 0.25) is 0 Å². The lowest BCUT2D eigenvalue weighted by Gasteiger charge is -2.25. The topological polar surface area (TPSA) is 69.4 Å². The molecule has 1 saturated carbocycles. The van der Waals surface area contributed by atoms with E-state index < -0.39 is 10.1 Å². The fourth-order valence-electron chi connectivity index (χ4n) is 2.31. The largest absolute Gasteiger partial charge is 0.328 e. The van der Waals surface area contributed by atoms with Crippen LogP contribution < -0.4 is 5.73 Å². The highest BCUT2D eigenvalue weighted by Crippen LogP contribution is 2.24. The van der Waals surface area contributed by atoms with Crippen LogP contribution in [0.15, 0.2) is 29.2 Å². The fraction of sp³-hybridized carbons (Fsp3) is 0.571. The Hall–Kier alpha value is -0.910. The zero-order valence-corrected chi connectivity index (χ0v) is 12.0. The maximum Gasteiger partial charge on any atom is 0.296 e. The number of aryl methyl sites for hydroxylation is 1. The number of benzene rings is 1. The summed E-state index contributed by atoms with van der Waals surface area (Å²) in [4.78, 5) is 0.227. The van der Waals surface area contributed by atoms with Crippen molar-refractivity contribution < 1.29 is 12.6 Å². The van der Waals surface area contributed by atoms with Crippen LogP contribution in [0.1, 0.15) is 31.2 Å². The Morgan fingerprint density at radius 3 is 2.32 bits per heavy atom. The first-order chi connectivity index (χ1) is 8.97. The standard InChI is InChI=1S/C14H21NO3S/c1-11-2-8-14(9-3-11)19(16,17)18-10-12-4-6-13(15)7-5-12/h2-3,8-9,12-13H,4-7,10,15H2,1H3. The van der Waals surface area contributed by atoms with Crippen LogP contribution >= 0.6 is 0 Å². The van der Waals surface area contributed by atoms with Crippen molar-refractivity contribution in [3.05, 3.63) is 29.8 Å². The van der Waals surface area contributed by atoms with Crippen LogP contribution in [0.25, 0.3) is 0 Å². The van der Waals surface area contributed by atoms with Crippen molar-refractivity contribution >= 4 is 10.1 Å². The van der Waals surface area contributed by atoms with Gasteiger partial charge in [-0.25, -0.2) is 0 Å². The SMILES string of the molecule is Cc1ccc(S(=O)(=O)OCC2CCC(N)CC2)cc1. The molecule has 1 fully saturated rings. The normalized spacial score (nSPS) is 24.3. The fourth-order valence-corrected chi connectivity index (χ4v) is 3.29. The lowest BCUT2D eigenvalue weighted by molar-refractivity contribution is 0.205. The van der Waals surface area contributed by atoms with E-state index in [9.17, 15) is 8.42 Å². The van der Waals surface area contributed by atoms with Crippen LogP contribution in [0.2, 0.25) is 0 Å². The molecule has 1 aliphatic carbocycles. The summed E-state index contributed by atoms with van der Waals surface area (Å²) in [6, 6.07) is 6.99. The summed E-state index contributed by atoms with van der Waals surface area (Å²) in [6.45, 7) is 2.19. The molecule has 106 valence electrons. The molecule has 0 amide bonds. The van der Waals surface area contributed by atoms with Crippen molar-refractivity contribution in [2.45, 2.75) is 43.5 Å². The highest BCUT2D eigenvalue weighted by atomic mass is 32.2. The molecule has 0 heterocycles. The highest BCUT2D eigenvalue weighted by Gasteiger charge is 2.22. The first-order valence-corrected chi connectivity index (χ1v) is 8.10. The average Bonchev–Trinajstić information content (AvgIpc) is 2.39. The molecule has 4 nitrogen and oxygen atoms in total. The Bertz CT molecular complexity index is 502. The van der Waals surface area contributed by atoms with Crippen LogP contribution in [0.5, 0.6) is 0 Å². The van der Waals surface area contributed by atoms with Gasteiger partial charge in [0, 0.05) is 6.04 Å². The molecule has 1 aromatic rings. The summed E-state index contributed by atoms with van der Waals surface area (Å²) in [7, 11) is -3.62. The van der Waals surface area contributed by atoms with Gasteiger partial charge in [0.25, 0.3) is 10.1 Å². The highest BCUT2D eigenvalue weighted by molar-refractivity contribution is 7.86. The van der Waals surface area contributed by atoms with Gasteiger partial charge in [0.15, 0.2) is 0 Å². The quantitative estimate of drug-likeness (QED) is 0.860. The minimum absolute atomic E-state index is 0.227. The number of nitrogens with two attached hydrogens (primary N) is 1. The van der Waals surface area contributed by atoms with Crippen molar-refractivity contribution in [3.63, 3.8) is 0 Å². The predicted molar refractivity (Wildman–Crippen MR) is 74.3 cm³/mol. The molecule has 2 N–H and O–H groups in total. The van der Waals surface area contributed by atoms with E-state index in [-0.39, 0.29) is 17.5 Å². The molecular weight excluding hydrogens is 262 g/mol. The summed E-state index contributed by atoms with van der Waals surface area (Å²) in [5.41, 5.74) is 6.85. The number of hydrogen-bond acceptors (Lipinski definition) is 4. The van der Waals surface area contributed by atoms with Crippen molar-refractivity contribution in [2.75, 3.05) is 6.61 Å². The molecule has 19 heavy (non-hydrogen) atoms. The Kier molecular flexibility index (Phi) is 4.60. The van der Waals surface area contributed by atoms with Crippen molar-refractivity contribution in [3.8, 4) is 0 Å². The molecule has 0 unspecified atom stereocenters. The molecule has 0 saturated heterocycles. The van der Waals surface area contributed by atoms with Crippen LogP contribution in [-0.2, 0) is 14.3 Å². The first-order valence-electron chi connectivity index (χ1n) is 6.69. The molecule has 2 rings (SSSR count). The first kappa shape index (κ1) is 14.5. The maximum atomic E-state index is 12.0. The van der Waals surface area contributed by atoms with E-state index >= 15 is 0 Å². The molecular formula is C14H21NO3S. The Morgan fingerprint density at radius 1 is 1.16 bits per heavy atom. The summed E-state index contributed by atoms with van der Waals surface area (Å²) in [6.07, 6.45) is 3.81. The maximum absolute atomic E-state index is 12.0. The van der Waals surface area contributed by atoms with Crippen LogP contribution in [0, 0.1) is 12.8 Å². The third-order valence-corrected chi connectivity index (χ3v) is 4.96. The molecule has 5 heteroatoms. The number of rotatable bonds is 4. The average molecular weight is 283 g/mol. The van der Waals surface area contributed by atoms with Gasteiger partial charge in [0.05, 0.1) is 11.5 Å². The van der Waals surface area contributed by atoms with E-state index in [2.05, 4.69) is 0 Å².